The number of nitrogens with zero attached hydrogens (tertiary/aromatic N) is 1. The van der Waals surface area contributed by atoms with Crippen molar-refractivity contribution in [2.45, 2.75) is 64.8 Å². The third kappa shape index (κ3) is 2.23. The third-order valence-corrected chi connectivity index (χ3v) is 7.08. The van der Waals surface area contributed by atoms with Crippen LogP contribution in [0, 0.1) is 28.6 Å². The molecule has 0 spiro atoms. The maximum atomic E-state index is 6.80. The lowest BCUT2D eigenvalue weighted by atomic mass is 9.48. The number of likely N-dealkylation sites (tertiary alicyclic amines) is 1. The Morgan fingerprint density at radius 1 is 1.05 bits per heavy atom. The smallest absolute Gasteiger partial charge is 0.0225 e. The summed E-state index contributed by atoms with van der Waals surface area (Å²) in [5, 5.41) is 0. The van der Waals surface area contributed by atoms with Crippen molar-refractivity contribution in [2.75, 3.05) is 19.6 Å². The van der Waals surface area contributed by atoms with Crippen LogP contribution in [0.4, 0.5) is 0 Å². The fourth-order valence-corrected chi connectivity index (χ4v) is 6.48. The summed E-state index contributed by atoms with van der Waals surface area (Å²) in [6.07, 6.45) is 10.3. The lowest BCUT2D eigenvalue weighted by Gasteiger charge is -2.59. The van der Waals surface area contributed by atoms with Gasteiger partial charge in [-0.2, -0.15) is 0 Å². The first kappa shape index (κ1) is 13.6. The van der Waals surface area contributed by atoms with Gasteiger partial charge in [0, 0.05) is 19.1 Å². The monoisotopic (exact) mass is 276 g/mol. The molecule has 5 rings (SSSR count). The van der Waals surface area contributed by atoms with E-state index in [4.69, 9.17) is 5.73 Å². The zero-order valence-corrected chi connectivity index (χ0v) is 13.4. The molecule has 0 aromatic heterocycles. The second-order valence-corrected chi connectivity index (χ2v) is 9.54. The minimum absolute atomic E-state index is 0.435. The van der Waals surface area contributed by atoms with Gasteiger partial charge in [0.25, 0.3) is 0 Å². The third-order valence-electron chi connectivity index (χ3n) is 7.08. The van der Waals surface area contributed by atoms with Gasteiger partial charge in [-0.1, -0.05) is 13.8 Å². The van der Waals surface area contributed by atoms with Gasteiger partial charge >= 0.3 is 0 Å². The summed E-state index contributed by atoms with van der Waals surface area (Å²) in [4.78, 5) is 2.66. The fraction of sp³-hybridized carbons (Fsp3) is 1.00. The van der Waals surface area contributed by atoms with Crippen molar-refractivity contribution in [1.82, 2.24) is 4.90 Å². The van der Waals surface area contributed by atoms with E-state index in [1.165, 1.54) is 58.0 Å². The minimum atomic E-state index is 0.435. The molecule has 1 atom stereocenters. The molecule has 2 nitrogen and oxygen atoms in total. The van der Waals surface area contributed by atoms with E-state index in [0.717, 1.165) is 24.3 Å². The molecule has 2 N–H and O–H groups in total. The summed E-state index contributed by atoms with van der Waals surface area (Å²) in [6, 6.07) is 0.435. The van der Waals surface area contributed by atoms with Crippen LogP contribution in [0.15, 0.2) is 0 Å². The van der Waals surface area contributed by atoms with Crippen LogP contribution in [0.1, 0.15) is 58.8 Å². The van der Waals surface area contributed by atoms with Gasteiger partial charge < -0.3 is 10.6 Å². The highest BCUT2D eigenvalue weighted by Crippen LogP contribution is 2.61. The number of hydrogen-bond acceptors (Lipinski definition) is 2. The first-order valence-electron chi connectivity index (χ1n) is 8.92. The molecule has 0 aromatic rings. The van der Waals surface area contributed by atoms with Crippen molar-refractivity contribution < 1.29 is 0 Å². The van der Waals surface area contributed by atoms with Crippen LogP contribution in [0.5, 0.6) is 0 Å². The largest absolute Gasteiger partial charge is 0.326 e. The van der Waals surface area contributed by atoms with E-state index < -0.39 is 0 Å². The van der Waals surface area contributed by atoms with Crippen molar-refractivity contribution in [2.24, 2.45) is 34.3 Å². The zero-order chi connectivity index (χ0) is 14.0. The van der Waals surface area contributed by atoms with Gasteiger partial charge in [-0.05, 0) is 80.1 Å². The van der Waals surface area contributed by atoms with E-state index >= 15 is 0 Å². The highest BCUT2D eigenvalue weighted by Gasteiger charge is 2.53. The molecule has 5 aliphatic rings. The molecule has 1 heterocycles. The second-order valence-electron chi connectivity index (χ2n) is 9.54. The van der Waals surface area contributed by atoms with Crippen molar-refractivity contribution in [3.05, 3.63) is 0 Å². The zero-order valence-electron chi connectivity index (χ0n) is 13.4. The molecule has 0 aromatic carbocycles. The molecule has 2 heteroatoms. The van der Waals surface area contributed by atoms with Crippen LogP contribution in [0.3, 0.4) is 0 Å². The van der Waals surface area contributed by atoms with Gasteiger partial charge in [0.1, 0.15) is 0 Å². The van der Waals surface area contributed by atoms with E-state index in [0.29, 0.717) is 16.9 Å². The molecule has 4 saturated carbocycles. The Morgan fingerprint density at radius 2 is 1.60 bits per heavy atom. The number of rotatable bonds is 3. The summed E-state index contributed by atoms with van der Waals surface area (Å²) in [7, 11) is 0. The van der Waals surface area contributed by atoms with Crippen LogP contribution in [-0.4, -0.2) is 30.6 Å². The first-order chi connectivity index (χ1) is 9.44. The van der Waals surface area contributed by atoms with Gasteiger partial charge in [0.2, 0.25) is 0 Å². The van der Waals surface area contributed by atoms with Gasteiger partial charge in [0.15, 0.2) is 0 Å². The normalized spacial score (nSPS) is 47.9. The fourth-order valence-electron chi connectivity index (χ4n) is 6.48. The molecule has 20 heavy (non-hydrogen) atoms. The van der Waals surface area contributed by atoms with Crippen LogP contribution in [-0.2, 0) is 0 Å². The van der Waals surface area contributed by atoms with E-state index in [2.05, 4.69) is 18.7 Å². The van der Waals surface area contributed by atoms with E-state index in [9.17, 15) is 0 Å². The lowest BCUT2D eigenvalue weighted by molar-refractivity contribution is -0.0709. The van der Waals surface area contributed by atoms with Crippen LogP contribution in [0.25, 0.3) is 0 Å². The Morgan fingerprint density at radius 3 is 2.05 bits per heavy atom. The van der Waals surface area contributed by atoms with Crippen LogP contribution < -0.4 is 5.73 Å². The molecule has 5 fully saturated rings. The Labute approximate surface area is 124 Å². The summed E-state index contributed by atoms with van der Waals surface area (Å²) >= 11 is 0. The Balaban J connectivity index is 1.44. The van der Waals surface area contributed by atoms with E-state index in [1.54, 1.807) is 0 Å². The quantitative estimate of drug-likeness (QED) is 0.857. The Hall–Kier alpha value is -0.0800. The molecule has 4 aliphatic carbocycles. The Bertz CT molecular complexity index is 352. The highest BCUT2D eigenvalue weighted by atomic mass is 15.2. The van der Waals surface area contributed by atoms with Crippen LogP contribution in [0.2, 0.25) is 0 Å². The molecule has 1 aliphatic heterocycles. The predicted octanol–water partition coefficient (Wildman–Crippen LogP) is 3.26. The molecular weight excluding hydrogens is 244 g/mol. The minimum Gasteiger partial charge on any atom is -0.326 e. The molecule has 114 valence electrons. The van der Waals surface area contributed by atoms with Gasteiger partial charge in [-0.15, -0.1) is 0 Å². The predicted molar refractivity (Wildman–Crippen MR) is 83.4 cm³/mol. The average molecular weight is 276 g/mol. The topological polar surface area (TPSA) is 29.3 Å². The standard InChI is InChI=1S/C18H32N2/c1-17(2)3-4-20(12-17)11-16(19)18-8-13-5-14(9-18)7-15(6-13)10-18/h13-16H,3-12,19H2,1-2H3. The van der Waals surface area contributed by atoms with E-state index in [1.807, 2.05) is 0 Å². The van der Waals surface area contributed by atoms with Gasteiger partial charge in [-0.3, -0.25) is 0 Å². The number of hydrogen-bond donors (Lipinski definition) is 1. The summed E-state index contributed by atoms with van der Waals surface area (Å²) < 4.78 is 0. The van der Waals surface area contributed by atoms with Crippen molar-refractivity contribution in [1.29, 1.82) is 0 Å². The first-order valence-corrected chi connectivity index (χ1v) is 8.92. The molecule has 0 radical (unpaired) electrons. The van der Waals surface area contributed by atoms with Crippen molar-refractivity contribution in [3.8, 4) is 0 Å². The average Bonchev–Trinajstić information content (AvgIpc) is 2.67. The summed E-state index contributed by atoms with van der Waals surface area (Å²) in [6.45, 7) is 8.50. The molecule has 0 amide bonds. The SMILES string of the molecule is CC1(C)CCN(CC(N)C23CC4CC(CC(C4)C2)C3)C1. The molecule has 4 bridgehead atoms. The van der Waals surface area contributed by atoms with Gasteiger partial charge in [0.05, 0.1) is 0 Å². The number of nitrogens with two attached hydrogens (primary N) is 1. The highest BCUT2D eigenvalue weighted by molar-refractivity contribution is 5.06. The van der Waals surface area contributed by atoms with E-state index in [-0.39, 0.29) is 0 Å². The maximum absolute atomic E-state index is 6.80. The lowest BCUT2D eigenvalue weighted by Crippen LogP contribution is -2.57. The maximum Gasteiger partial charge on any atom is 0.0225 e. The summed E-state index contributed by atoms with van der Waals surface area (Å²) in [5.41, 5.74) is 7.84. The molecule has 1 unspecified atom stereocenters. The Kier molecular flexibility index (Phi) is 3.03. The van der Waals surface area contributed by atoms with Crippen molar-refractivity contribution >= 4 is 0 Å². The molecule has 1 saturated heterocycles. The van der Waals surface area contributed by atoms with Gasteiger partial charge in [-0.25, -0.2) is 0 Å². The van der Waals surface area contributed by atoms with Crippen molar-refractivity contribution in [3.63, 3.8) is 0 Å². The van der Waals surface area contributed by atoms with Crippen LogP contribution >= 0.6 is 0 Å². The second kappa shape index (κ2) is 4.46. The summed E-state index contributed by atoms with van der Waals surface area (Å²) in [5.74, 6) is 3.09. The molecular formula is C18H32N2.